The summed E-state index contributed by atoms with van der Waals surface area (Å²) in [5, 5.41) is 3.66. The van der Waals surface area contributed by atoms with Gasteiger partial charge in [0.25, 0.3) is 0 Å². The van der Waals surface area contributed by atoms with Crippen molar-refractivity contribution in [3.63, 3.8) is 0 Å². The molecule has 2 aromatic rings. The number of benzene rings is 1. The molecule has 18 heavy (non-hydrogen) atoms. The summed E-state index contributed by atoms with van der Waals surface area (Å²) in [4.78, 5) is 8.29. The minimum atomic E-state index is 0.320. The summed E-state index contributed by atoms with van der Waals surface area (Å²) in [6, 6.07) is 5.79. The van der Waals surface area contributed by atoms with E-state index in [0.29, 0.717) is 16.8 Å². The molecule has 0 bridgehead atoms. The summed E-state index contributed by atoms with van der Waals surface area (Å²) in [6.07, 6.45) is 3.47. The second-order valence-electron chi connectivity index (χ2n) is 3.92. The zero-order valence-electron chi connectivity index (χ0n) is 10.3. The Morgan fingerprint density at radius 1 is 1.28 bits per heavy atom. The standard InChI is InChI=1S/C13H14ClN3O/c1-9-3-4-11(14)5-12(9)18-13-16-7-10(6-15-2)8-17-13/h3-5,7-8,15H,6H2,1-2H3. The molecule has 0 atom stereocenters. The van der Waals surface area contributed by atoms with Crippen molar-refractivity contribution in [1.29, 1.82) is 0 Å². The summed E-state index contributed by atoms with van der Waals surface area (Å²) in [5.74, 6) is 0.670. The molecule has 94 valence electrons. The van der Waals surface area contributed by atoms with Crippen LogP contribution in [-0.4, -0.2) is 17.0 Å². The van der Waals surface area contributed by atoms with Crippen LogP contribution in [0.4, 0.5) is 0 Å². The Labute approximate surface area is 111 Å². The lowest BCUT2D eigenvalue weighted by Crippen LogP contribution is -2.06. The Morgan fingerprint density at radius 2 is 2.00 bits per heavy atom. The topological polar surface area (TPSA) is 47.0 Å². The molecular formula is C13H14ClN3O. The molecule has 0 saturated carbocycles. The number of hydrogen-bond donors (Lipinski definition) is 1. The lowest BCUT2D eigenvalue weighted by Gasteiger charge is -2.07. The number of nitrogens with zero attached hydrogens (tertiary/aromatic N) is 2. The number of halogens is 1. The van der Waals surface area contributed by atoms with E-state index in [0.717, 1.165) is 17.7 Å². The molecule has 0 unspecified atom stereocenters. The maximum Gasteiger partial charge on any atom is 0.321 e. The molecule has 0 aliphatic carbocycles. The smallest absolute Gasteiger partial charge is 0.321 e. The van der Waals surface area contributed by atoms with Crippen LogP contribution in [0.15, 0.2) is 30.6 Å². The van der Waals surface area contributed by atoms with E-state index in [1.807, 2.05) is 26.1 Å². The molecule has 1 N–H and O–H groups in total. The largest absolute Gasteiger partial charge is 0.424 e. The second-order valence-corrected chi connectivity index (χ2v) is 4.35. The first kappa shape index (κ1) is 12.8. The van der Waals surface area contributed by atoms with Gasteiger partial charge < -0.3 is 10.1 Å². The van der Waals surface area contributed by atoms with Gasteiger partial charge in [-0.1, -0.05) is 17.7 Å². The van der Waals surface area contributed by atoms with Crippen LogP contribution in [0.2, 0.25) is 5.02 Å². The van der Waals surface area contributed by atoms with Crippen LogP contribution >= 0.6 is 11.6 Å². The Hall–Kier alpha value is -1.65. The highest BCUT2D eigenvalue weighted by Crippen LogP contribution is 2.25. The average Bonchev–Trinajstić information content (AvgIpc) is 2.37. The number of aryl methyl sites for hydroxylation is 1. The number of nitrogens with one attached hydrogen (secondary N) is 1. The second kappa shape index (κ2) is 5.80. The molecule has 0 fully saturated rings. The number of hydrogen-bond acceptors (Lipinski definition) is 4. The van der Waals surface area contributed by atoms with Crippen LogP contribution in [0.5, 0.6) is 11.8 Å². The SMILES string of the molecule is CNCc1cnc(Oc2cc(Cl)ccc2C)nc1. The molecule has 5 heteroatoms. The monoisotopic (exact) mass is 263 g/mol. The molecule has 0 aliphatic heterocycles. The van der Waals surface area contributed by atoms with Crippen LogP contribution in [0, 0.1) is 6.92 Å². The molecule has 2 rings (SSSR count). The molecule has 1 aromatic carbocycles. The summed E-state index contributed by atoms with van der Waals surface area (Å²) < 4.78 is 5.60. The van der Waals surface area contributed by atoms with E-state index in [1.165, 1.54) is 0 Å². The third-order valence-electron chi connectivity index (χ3n) is 2.41. The van der Waals surface area contributed by atoms with E-state index in [1.54, 1.807) is 18.5 Å². The highest BCUT2D eigenvalue weighted by molar-refractivity contribution is 6.30. The third-order valence-corrected chi connectivity index (χ3v) is 2.65. The highest BCUT2D eigenvalue weighted by Gasteiger charge is 2.04. The molecule has 4 nitrogen and oxygen atoms in total. The zero-order valence-corrected chi connectivity index (χ0v) is 11.0. The van der Waals surface area contributed by atoms with Crippen LogP contribution < -0.4 is 10.1 Å². The van der Waals surface area contributed by atoms with Crippen molar-refractivity contribution in [3.8, 4) is 11.8 Å². The number of aromatic nitrogens is 2. The first-order valence-electron chi connectivity index (χ1n) is 5.58. The fraction of sp³-hybridized carbons (Fsp3) is 0.231. The maximum atomic E-state index is 5.92. The lowest BCUT2D eigenvalue weighted by atomic mass is 10.2. The van der Waals surface area contributed by atoms with E-state index < -0.39 is 0 Å². The molecular weight excluding hydrogens is 250 g/mol. The van der Waals surface area contributed by atoms with Crippen LogP contribution in [0.3, 0.4) is 0 Å². The van der Waals surface area contributed by atoms with Gasteiger partial charge in [0.15, 0.2) is 0 Å². The van der Waals surface area contributed by atoms with Gasteiger partial charge in [0, 0.05) is 29.5 Å². The Bertz CT molecular complexity index is 528. The molecule has 1 aromatic heterocycles. The summed E-state index contributed by atoms with van der Waals surface area (Å²) >= 11 is 5.92. The average molecular weight is 264 g/mol. The summed E-state index contributed by atoms with van der Waals surface area (Å²) in [6.45, 7) is 2.68. The molecule has 0 amide bonds. The van der Waals surface area contributed by atoms with Gasteiger partial charge in [0.1, 0.15) is 5.75 Å². The summed E-state index contributed by atoms with van der Waals surface area (Å²) in [5.41, 5.74) is 2.00. The van der Waals surface area contributed by atoms with Crippen molar-refractivity contribution in [3.05, 3.63) is 46.7 Å². The van der Waals surface area contributed by atoms with Crippen LogP contribution in [0.25, 0.3) is 0 Å². The molecule has 0 radical (unpaired) electrons. The van der Waals surface area contributed by atoms with Gasteiger partial charge in [0.05, 0.1) is 0 Å². The quantitative estimate of drug-likeness (QED) is 0.921. The van der Waals surface area contributed by atoms with Crippen molar-refractivity contribution in [1.82, 2.24) is 15.3 Å². The van der Waals surface area contributed by atoms with Crippen molar-refractivity contribution in [2.24, 2.45) is 0 Å². The van der Waals surface area contributed by atoms with E-state index in [-0.39, 0.29) is 0 Å². The van der Waals surface area contributed by atoms with Crippen LogP contribution in [-0.2, 0) is 6.54 Å². The van der Waals surface area contributed by atoms with Gasteiger partial charge in [0.2, 0.25) is 0 Å². The van der Waals surface area contributed by atoms with Crippen molar-refractivity contribution < 1.29 is 4.74 Å². The van der Waals surface area contributed by atoms with Gasteiger partial charge in [-0.25, -0.2) is 9.97 Å². The first-order valence-corrected chi connectivity index (χ1v) is 5.96. The molecule has 0 saturated heterocycles. The minimum Gasteiger partial charge on any atom is -0.424 e. The van der Waals surface area contributed by atoms with Gasteiger partial charge in [-0.3, -0.25) is 0 Å². The first-order chi connectivity index (χ1) is 8.69. The van der Waals surface area contributed by atoms with E-state index in [9.17, 15) is 0 Å². The van der Waals surface area contributed by atoms with E-state index in [4.69, 9.17) is 16.3 Å². The summed E-state index contributed by atoms with van der Waals surface area (Å²) in [7, 11) is 1.87. The zero-order chi connectivity index (χ0) is 13.0. The predicted molar refractivity (Wildman–Crippen MR) is 71.1 cm³/mol. The Morgan fingerprint density at radius 3 is 2.67 bits per heavy atom. The molecule has 0 aliphatic rings. The third kappa shape index (κ3) is 3.18. The highest BCUT2D eigenvalue weighted by atomic mass is 35.5. The van der Waals surface area contributed by atoms with E-state index >= 15 is 0 Å². The van der Waals surface area contributed by atoms with Crippen molar-refractivity contribution in [2.45, 2.75) is 13.5 Å². The van der Waals surface area contributed by atoms with Crippen molar-refractivity contribution in [2.75, 3.05) is 7.05 Å². The number of rotatable bonds is 4. The normalized spacial score (nSPS) is 10.4. The van der Waals surface area contributed by atoms with E-state index in [2.05, 4.69) is 15.3 Å². The number of ether oxygens (including phenoxy) is 1. The van der Waals surface area contributed by atoms with Gasteiger partial charge in [-0.2, -0.15) is 0 Å². The van der Waals surface area contributed by atoms with Crippen LogP contribution in [0.1, 0.15) is 11.1 Å². The Kier molecular flexibility index (Phi) is 4.12. The molecule has 0 spiro atoms. The van der Waals surface area contributed by atoms with Gasteiger partial charge in [-0.15, -0.1) is 0 Å². The Balaban J connectivity index is 2.15. The van der Waals surface area contributed by atoms with Gasteiger partial charge in [-0.05, 0) is 31.7 Å². The molecule has 1 heterocycles. The maximum absolute atomic E-state index is 5.92. The predicted octanol–water partition coefficient (Wildman–Crippen LogP) is 2.95. The fourth-order valence-corrected chi connectivity index (χ4v) is 1.64. The van der Waals surface area contributed by atoms with Crippen molar-refractivity contribution >= 4 is 11.6 Å². The fourth-order valence-electron chi connectivity index (χ4n) is 1.47. The lowest BCUT2D eigenvalue weighted by molar-refractivity contribution is 0.437. The van der Waals surface area contributed by atoms with Gasteiger partial charge >= 0.3 is 6.01 Å². The minimum absolute atomic E-state index is 0.320.